The van der Waals surface area contributed by atoms with Crippen molar-refractivity contribution in [2.24, 2.45) is 0 Å². The van der Waals surface area contributed by atoms with Gasteiger partial charge in [-0.15, -0.1) is 0 Å². The van der Waals surface area contributed by atoms with Crippen molar-refractivity contribution in [3.05, 3.63) is 89.0 Å². The van der Waals surface area contributed by atoms with Crippen LogP contribution in [0.3, 0.4) is 0 Å². The lowest BCUT2D eigenvalue weighted by atomic mass is 9.76. The highest BCUT2D eigenvalue weighted by Crippen LogP contribution is 2.46. The Balaban J connectivity index is 1.38. The van der Waals surface area contributed by atoms with Crippen LogP contribution in [0.2, 0.25) is 0 Å². The normalized spacial score (nSPS) is 19.6. The van der Waals surface area contributed by atoms with Crippen LogP contribution in [0, 0.1) is 0 Å². The predicted molar refractivity (Wildman–Crippen MR) is 137 cm³/mol. The van der Waals surface area contributed by atoms with E-state index in [1.54, 1.807) is 12.1 Å². The van der Waals surface area contributed by atoms with Crippen molar-refractivity contribution in [1.82, 2.24) is 4.90 Å². The number of rotatable bonds is 8. The Morgan fingerprint density at radius 1 is 0.947 bits per heavy atom. The highest BCUT2D eigenvalue weighted by molar-refractivity contribution is 5.84. The van der Waals surface area contributed by atoms with Gasteiger partial charge in [-0.3, -0.25) is 9.69 Å². The fraction of sp³-hybridized carbons (Fsp3) is 0.367. The van der Waals surface area contributed by atoms with Gasteiger partial charge in [0.1, 0.15) is 23.9 Å². The number of halogens is 3. The first-order chi connectivity index (χ1) is 18.3. The Bertz CT molecular complexity index is 1250. The number of hydrogen-bond donors (Lipinski definition) is 0. The van der Waals surface area contributed by atoms with Gasteiger partial charge in [-0.1, -0.05) is 30.3 Å². The molecule has 0 spiro atoms. The second-order valence-corrected chi connectivity index (χ2v) is 9.77. The molecule has 200 valence electrons. The molecule has 0 saturated carbocycles. The van der Waals surface area contributed by atoms with E-state index in [1.165, 1.54) is 32.1 Å². The van der Waals surface area contributed by atoms with Crippen LogP contribution >= 0.6 is 0 Å². The summed E-state index contributed by atoms with van der Waals surface area (Å²) in [4.78, 5) is 15.6. The van der Waals surface area contributed by atoms with Crippen molar-refractivity contribution in [1.29, 1.82) is 0 Å². The summed E-state index contributed by atoms with van der Waals surface area (Å²) in [6, 6.07) is 17.9. The zero-order chi connectivity index (χ0) is 26.7. The predicted octanol–water partition coefficient (Wildman–Crippen LogP) is 6.22. The second kappa shape index (κ2) is 11.1. The summed E-state index contributed by atoms with van der Waals surface area (Å²) in [7, 11) is 1.53. The van der Waals surface area contributed by atoms with Crippen molar-refractivity contribution in [3.8, 4) is 17.2 Å². The molecule has 0 N–H and O–H groups in total. The first-order valence-corrected chi connectivity index (χ1v) is 12.8. The first kappa shape index (κ1) is 26.1. The molecule has 2 unspecified atom stereocenters. The molecule has 0 bridgehead atoms. The number of likely N-dealkylation sites (tertiary alicyclic amines) is 1. The van der Waals surface area contributed by atoms with Gasteiger partial charge in [-0.25, -0.2) is 0 Å². The summed E-state index contributed by atoms with van der Waals surface area (Å²) in [6.07, 6.45) is -1.47. The van der Waals surface area contributed by atoms with Gasteiger partial charge in [-0.2, -0.15) is 13.2 Å². The molecule has 8 heteroatoms. The van der Waals surface area contributed by atoms with Crippen molar-refractivity contribution in [3.63, 3.8) is 0 Å². The quantitative estimate of drug-likeness (QED) is 0.258. The van der Waals surface area contributed by atoms with Crippen LogP contribution in [0.4, 0.5) is 13.2 Å². The smallest absolute Gasteiger partial charge is 0.416 e. The molecule has 2 aliphatic heterocycles. The molecule has 1 fully saturated rings. The van der Waals surface area contributed by atoms with E-state index in [9.17, 15) is 18.0 Å². The number of ether oxygens (including phenoxy) is 3. The summed E-state index contributed by atoms with van der Waals surface area (Å²) in [6.45, 7) is 3.78. The number of hydrogen-bond acceptors (Lipinski definition) is 5. The van der Waals surface area contributed by atoms with Gasteiger partial charge >= 0.3 is 12.1 Å². The Hall–Kier alpha value is -3.52. The summed E-state index contributed by atoms with van der Waals surface area (Å²) >= 11 is 0. The van der Waals surface area contributed by atoms with E-state index in [0.29, 0.717) is 30.1 Å². The Kier molecular flexibility index (Phi) is 7.61. The number of fused-ring (bicyclic) bond motifs is 1. The molecule has 2 aliphatic rings. The zero-order valence-corrected chi connectivity index (χ0v) is 21.2. The molecule has 3 aromatic rings. The molecule has 0 amide bonds. The van der Waals surface area contributed by atoms with Crippen LogP contribution in [0.25, 0.3) is 0 Å². The maximum Gasteiger partial charge on any atom is 0.416 e. The number of esters is 1. The minimum Gasteiger partial charge on any atom is -0.497 e. The third-order valence-electron chi connectivity index (χ3n) is 7.34. The van der Waals surface area contributed by atoms with Gasteiger partial charge in [0.15, 0.2) is 0 Å². The lowest BCUT2D eigenvalue weighted by molar-refractivity contribution is -0.138. The summed E-state index contributed by atoms with van der Waals surface area (Å²) in [5, 5.41) is 0. The van der Waals surface area contributed by atoms with E-state index in [0.717, 1.165) is 48.6 Å². The lowest BCUT2D eigenvalue weighted by Crippen LogP contribution is -2.31. The average Bonchev–Trinajstić information content (AvgIpc) is 3.42. The van der Waals surface area contributed by atoms with E-state index in [2.05, 4.69) is 4.90 Å². The Morgan fingerprint density at radius 3 is 2.29 bits per heavy atom. The zero-order valence-electron chi connectivity index (χ0n) is 21.2. The van der Waals surface area contributed by atoms with Crippen LogP contribution in [0.5, 0.6) is 17.2 Å². The summed E-state index contributed by atoms with van der Waals surface area (Å²) in [5.41, 5.74) is 1.51. The molecule has 1 saturated heterocycles. The molecular weight excluding hydrogens is 495 g/mol. The number of carbonyl (C=O) groups is 1. The van der Waals surface area contributed by atoms with E-state index < -0.39 is 23.6 Å². The monoisotopic (exact) mass is 525 g/mol. The maximum absolute atomic E-state index is 13.2. The van der Waals surface area contributed by atoms with Crippen molar-refractivity contribution in [2.75, 3.05) is 33.4 Å². The summed E-state index contributed by atoms with van der Waals surface area (Å²) in [5.74, 6) is 0.145. The molecular formula is C30H30F3NO4. The van der Waals surface area contributed by atoms with Gasteiger partial charge in [-0.05, 0) is 79.4 Å². The van der Waals surface area contributed by atoms with E-state index >= 15 is 0 Å². The van der Waals surface area contributed by atoms with Crippen molar-refractivity contribution < 1.29 is 32.2 Å². The van der Waals surface area contributed by atoms with Crippen LogP contribution in [-0.2, 0) is 17.4 Å². The van der Waals surface area contributed by atoms with E-state index in [4.69, 9.17) is 14.2 Å². The summed E-state index contributed by atoms with van der Waals surface area (Å²) < 4.78 is 56.3. The number of methoxy groups -OCH3 is 1. The molecule has 0 radical (unpaired) electrons. The molecule has 5 nitrogen and oxygen atoms in total. The SMILES string of the molecule is COc1ccc2c(c1)OC(=O)C(c1ccc(C(F)(F)F)cc1)C2Cc1ccc(OCCN2CCCC2)cc1. The molecule has 0 aromatic heterocycles. The number of nitrogens with zero attached hydrogens (tertiary/aromatic N) is 1. The van der Waals surface area contributed by atoms with E-state index in [-0.39, 0.29) is 5.92 Å². The van der Waals surface area contributed by atoms with Gasteiger partial charge in [0, 0.05) is 18.5 Å². The van der Waals surface area contributed by atoms with E-state index in [1.807, 2.05) is 30.3 Å². The van der Waals surface area contributed by atoms with Gasteiger partial charge in [0.2, 0.25) is 0 Å². The largest absolute Gasteiger partial charge is 0.497 e. The van der Waals surface area contributed by atoms with Gasteiger partial charge in [0.25, 0.3) is 0 Å². The lowest BCUT2D eigenvalue weighted by Gasteiger charge is -2.32. The molecule has 3 aromatic carbocycles. The minimum atomic E-state index is -4.45. The Labute approximate surface area is 220 Å². The van der Waals surface area contributed by atoms with Gasteiger partial charge < -0.3 is 14.2 Å². The third-order valence-corrected chi connectivity index (χ3v) is 7.34. The molecule has 38 heavy (non-hydrogen) atoms. The van der Waals surface area contributed by atoms with Crippen LogP contribution in [0.1, 0.15) is 46.9 Å². The topological polar surface area (TPSA) is 48.0 Å². The van der Waals surface area contributed by atoms with Crippen LogP contribution < -0.4 is 14.2 Å². The van der Waals surface area contributed by atoms with Crippen molar-refractivity contribution >= 4 is 5.97 Å². The minimum absolute atomic E-state index is 0.337. The van der Waals surface area contributed by atoms with Gasteiger partial charge in [0.05, 0.1) is 18.6 Å². The molecule has 5 rings (SSSR count). The highest BCUT2D eigenvalue weighted by Gasteiger charge is 2.40. The number of alkyl halides is 3. The fourth-order valence-electron chi connectivity index (χ4n) is 5.30. The maximum atomic E-state index is 13.2. The Morgan fingerprint density at radius 2 is 1.63 bits per heavy atom. The highest BCUT2D eigenvalue weighted by atomic mass is 19.4. The van der Waals surface area contributed by atoms with Crippen molar-refractivity contribution in [2.45, 2.75) is 37.3 Å². The number of carbonyl (C=O) groups excluding carboxylic acids is 1. The molecule has 2 atom stereocenters. The first-order valence-electron chi connectivity index (χ1n) is 12.8. The third kappa shape index (κ3) is 5.80. The molecule has 2 heterocycles. The van der Waals surface area contributed by atoms with Crippen LogP contribution in [-0.4, -0.2) is 44.2 Å². The second-order valence-electron chi connectivity index (χ2n) is 9.77. The average molecular weight is 526 g/mol. The van der Waals surface area contributed by atoms with Crippen LogP contribution in [0.15, 0.2) is 66.7 Å². The fourth-order valence-corrected chi connectivity index (χ4v) is 5.30. The number of benzene rings is 3. The molecule has 0 aliphatic carbocycles. The standard InChI is InChI=1S/C30H30F3NO4/c1-36-24-12-13-25-26(18-20-4-10-23(11-5-20)37-17-16-34-14-2-3-15-34)28(29(35)38-27(25)19-24)21-6-8-22(9-7-21)30(31,32)33/h4-13,19,26,28H,2-3,14-18H2,1H3.